The topological polar surface area (TPSA) is 57.5 Å². The van der Waals surface area contributed by atoms with Crippen LogP contribution in [-0.2, 0) is 11.3 Å². The summed E-state index contributed by atoms with van der Waals surface area (Å²) in [6.07, 6.45) is 4.41. The fourth-order valence-electron chi connectivity index (χ4n) is 4.11. The Morgan fingerprint density at radius 3 is 3.04 bits per heavy atom. The van der Waals surface area contributed by atoms with Gasteiger partial charge in [-0.25, -0.2) is 0 Å². The van der Waals surface area contributed by atoms with Crippen molar-refractivity contribution in [2.24, 2.45) is 5.92 Å². The lowest BCUT2D eigenvalue weighted by Crippen LogP contribution is -2.45. The lowest BCUT2D eigenvalue weighted by atomic mass is 9.95. The first-order valence-corrected chi connectivity index (χ1v) is 8.85. The Morgan fingerprint density at radius 2 is 2.21 bits per heavy atom. The molecule has 3 aliphatic heterocycles. The molecule has 6 nitrogen and oxygen atoms in total. The van der Waals surface area contributed by atoms with E-state index >= 15 is 0 Å². The zero-order chi connectivity index (χ0) is 16.4. The van der Waals surface area contributed by atoms with Gasteiger partial charge in [-0.3, -0.25) is 14.9 Å². The Balaban J connectivity index is 1.40. The zero-order valence-electron chi connectivity index (χ0n) is 14.3. The molecule has 0 unspecified atom stereocenters. The average Bonchev–Trinajstić information content (AvgIpc) is 3.19. The Bertz CT molecular complexity index is 639. The van der Waals surface area contributed by atoms with E-state index in [9.17, 15) is 0 Å². The highest BCUT2D eigenvalue weighted by molar-refractivity contribution is 5.51. The number of furan rings is 1. The minimum absolute atomic E-state index is 0.654. The number of rotatable bonds is 6. The molecule has 24 heavy (non-hydrogen) atoms. The van der Waals surface area contributed by atoms with Crippen molar-refractivity contribution in [1.82, 2.24) is 20.0 Å². The third-order valence-electron chi connectivity index (χ3n) is 5.29. The van der Waals surface area contributed by atoms with Crippen LogP contribution >= 0.6 is 0 Å². The van der Waals surface area contributed by atoms with Gasteiger partial charge < -0.3 is 9.15 Å². The Morgan fingerprint density at radius 1 is 1.25 bits per heavy atom. The predicted octanol–water partition coefficient (Wildman–Crippen LogP) is 2.21. The van der Waals surface area contributed by atoms with Crippen LogP contribution in [0.5, 0.6) is 0 Å². The van der Waals surface area contributed by atoms with Crippen LogP contribution in [-0.4, -0.2) is 65.9 Å². The van der Waals surface area contributed by atoms with Crippen LogP contribution in [0.2, 0.25) is 0 Å². The van der Waals surface area contributed by atoms with Gasteiger partial charge in [0.05, 0.1) is 13.2 Å². The molecule has 1 N–H and O–H groups in total. The maximum atomic E-state index is 6.01. The number of methoxy groups -OCH3 is 1. The average molecular weight is 330 g/mol. The maximum Gasteiger partial charge on any atom is 0.152 e. The first kappa shape index (κ1) is 15.9. The molecule has 2 aromatic rings. The van der Waals surface area contributed by atoms with Crippen LogP contribution in [0.3, 0.4) is 0 Å². The summed E-state index contributed by atoms with van der Waals surface area (Å²) in [6.45, 7) is 6.27. The number of fused-ring (bicyclic) bond motifs is 4. The second-order valence-electron chi connectivity index (χ2n) is 7.02. The molecule has 130 valence electrons. The van der Waals surface area contributed by atoms with E-state index in [1.807, 2.05) is 12.1 Å². The molecule has 3 saturated heterocycles. The van der Waals surface area contributed by atoms with Crippen molar-refractivity contribution >= 4 is 0 Å². The van der Waals surface area contributed by atoms with Gasteiger partial charge in [-0.2, -0.15) is 5.10 Å². The third kappa shape index (κ3) is 3.41. The molecule has 5 heterocycles. The van der Waals surface area contributed by atoms with E-state index in [1.165, 1.54) is 25.9 Å². The van der Waals surface area contributed by atoms with Gasteiger partial charge in [0.1, 0.15) is 11.5 Å². The van der Waals surface area contributed by atoms with Gasteiger partial charge in [0.25, 0.3) is 0 Å². The summed E-state index contributed by atoms with van der Waals surface area (Å²) in [6, 6.07) is 6.70. The number of ether oxygens (including phenoxy) is 1. The third-order valence-corrected chi connectivity index (χ3v) is 5.29. The molecule has 0 amide bonds. The largest absolute Gasteiger partial charge is 0.458 e. The quantitative estimate of drug-likeness (QED) is 0.880. The number of H-pyrrole nitrogens is 1. The number of aromatic amines is 1. The second-order valence-corrected chi connectivity index (χ2v) is 7.02. The van der Waals surface area contributed by atoms with E-state index in [1.54, 1.807) is 13.3 Å². The predicted molar refractivity (Wildman–Crippen MR) is 91.5 cm³/mol. The molecule has 3 fully saturated rings. The minimum atomic E-state index is 0.654. The fourth-order valence-corrected chi connectivity index (χ4v) is 4.11. The molecule has 0 aromatic carbocycles. The highest BCUT2D eigenvalue weighted by atomic mass is 16.5. The van der Waals surface area contributed by atoms with Gasteiger partial charge in [0, 0.05) is 45.5 Å². The van der Waals surface area contributed by atoms with E-state index in [2.05, 4.69) is 26.1 Å². The van der Waals surface area contributed by atoms with Crippen LogP contribution in [0, 0.1) is 5.92 Å². The molecular weight excluding hydrogens is 304 g/mol. The number of piperidine rings is 1. The Labute approximate surface area is 142 Å². The number of nitrogens with one attached hydrogen (secondary N) is 1. The van der Waals surface area contributed by atoms with E-state index < -0.39 is 0 Å². The van der Waals surface area contributed by atoms with Gasteiger partial charge in [0.15, 0.2) is 5.76 Å². The van der Waals surface area contributed by atoms with Crippen molar-refractivity contribution in [1.29, 1.82) is 0 Å². The van der Waals surface area contributed by atoms with E-state index in [0.717, 1.165) is 49.4 Å². The molecule has 0 radical (unpaired) electrons. The number of hydrogen-bond acceptors (Lipinski definition) is 5. The summed E-state index contributed by atoms with van der Waals surface area (Å²) in [5.41, 5.74) is 0.933. The van der Waals surface area contributed by atoms with Crippen molar-refractivity contribution in [3.8, 4) is 11.5 Å². The lowest BCUT2D eigenvalue weighted by molar-refractivity contribution is 0.0866. The monoisotopic (exact) mass is 330 g/mol. The molecule has 6 heteroatoms. The first-order chi connectivity index (χ1) is 11.8. The highest BCUT2D eigenvalue weighted by Crippen LogP contribution is 2.29. The molecule has 0 aliphatic carbocycles. The summed E-state index contributed by atoms with van der Waals surface area (Å²) >= 11 is 0. The van der Waals surface area contributed by atoms with E-state index in [4.69, 9.17) is 9.15 Å². The van der Waals surface area contributed by atoms with Crippen LogP contribution in [0.4, 0.5) is 0 Å². The summed E-state index contributed by atoms with van der Waals surface area (Å²) in [5, 5.41) is 6.94. The normalized spacial score (nSPS) is 25.2. The molecule has 3 aliphatic rings. The number of hydrogen-bond donors (Lipinski definition) is 1. The van der Waals surface area contributed by atoms with Crippen molar-refractivity contribution in [2.75, 3.05) is 39.9 Å². The van der Waals surface area contributed by atoms with Crippen molar-refractivity contribution in [3.63, 3.8) is 0 Å². The number of aromatic nitrogens is 2. The van der Waals surface area contributed by atoms with Gasteiger partial charge in [-0.1, -0.05) is 0 Å². The van der Waals surface area contributed by atoms with Crippen molar-refractivity contribution in [2.45, 2.75) is 25.4 Å². The van der Waals surface area contributed by atoms with E-state index in [0.29, 0.717) is 6.04 Å². The molecule has 2 atom stereocenters. The van der Waals surface area contributed by atoms with E-state index in [-0.39, 0.29) is 0 Å². The van der Waals surface area contributed by atoms with Crippen LogP contribution in [0.1, 0.15) is 18.6 Å². The highest BCUT2D eigenvalue weighted by Gasteiger charge is 2.34. The molecule has 2 aromatic heterocycles. The summed E-state index contributed by atoms with van der Waals surface area (Å²) in [5.74, 6) is 2.66. The summed E-state index contributed by atoms with van der Waals surface area (Å²) in [7, 11) is 1.79. The standard InChI is InChI=1S/C18H26N4O2/c1-23-9-8-22-11-14-2-3-15(22)12-21(10-14)13-16-4-5-18(24-16)17-6-7-19-20-17/h4-7,14-15H,2-3,8-13H2,1H3,(H,19,20)/t14-,15+/m1/s1. The molecule has 0 spiro atoms. The second kappa shape index (κ2) is 7.09. The first-order valence-electron chi connectivity index (χ1n) is 8.85. The molecule has 5 rings (SSSR count). The Hall–Kier alpha value is -1.63. The zero-order valence-corrected chi connectivity index (χ0v) is 14.3. The van der Waals surface area contributed by atoms with Crippen LogP contribution in [0.15, 0.2) is 28.8 Å². The van der Waals surface area contributed by atoms with Crippen LogP contribution in [0.25, 0.3) is 11.5 Å². The maximum absolute atomic E-state index is 6.01. The van der Waals surface area contributed by atoms with Crippen molar-refractivity contribution < 1.29 is 9.15 Å². The number of nitrogens with zero attached hydrogens (tertiary/aromatic N) is 3. The van der Waals surface area contributed by atoms with Gasteiger partial charge in [0.2, 0.25) is 0 Å². The smallest absolute Gasteiger partial charge is 0.152 e. The van der Waals surface area contributed by atoms with Gasteiger partial charge in [-0.15, -0.1) is 0 Å². The SMILES string of the molecule is COCCN1C[C@@H]2CC[C@H]1CN(Cc1ccc(-c3ccn[nH]3)o1)C2. The van der Waals surface area contributed by atoms with Gasteiger partial charge in [-0.05, 0) is 37.0 Å². The van der Waals surface area contributed by atoms with Crippen molar-refractivity contribution in [3.05, 3.63) is 30.2 Å². The summed E-state index contributed by atoms with van der Waals surface area (Å²) in [4.78, 5) is 5.18. The molecular formula is C18H26N4O2. The lowest BCUT2D eigenvalue weighted by Gasteiger charge is -2.35. The van der Waals surface area contributed by atoms with Crippen LogP contribution < -0.4 is 0 Å². The minimum Gasteiger partial charge on any atom is -0.458 e. The Kier molecular flexibility index (Phi) is 4.69. The molecule has 0 saturated carbocycles. The fraction of sp³-hybridized carbons (Fsp3) is 0.611. The molecule has 2 bridgehead atoms. The van der Waals surface area contributed by atoms with Gasteiger partial charge >= 0.3 is 0 Å². The summed E-state index contributed by atoms with van der Waals surface area (Å²) < 4.78 is 11.3.